The molecule has 2 aromatic heterocycles. The highest BCUT2D eigenvalue weighted by Gasteiger charge is 2.45. The van der Waals surface area contributed by atoms with E-state index in [1.165, 1.54) is 6.33 Å². The molecular formula is C44H46N5O7P. The molecule has 13 heteroatoms. The Bertz CT molecular complexity index is 2200. The lowest BCUT2D eigenvalue weighted by molar-refractivity contribution is -0.118. The summed E-state index contributed by atoms with van der Waals surface area (Å²) >= 11 is 0. The van der Waals surface area contributed by atoms with Gasteiger partial charge in [0.1, 0.15) is 23.8 Å². The van der Waals surface area contributed by atoms with Gasteiger partial charge < -0.3 is 33.1 Å². The SMILES string of the molecule is CC(C)OP(=O)(OC(C)C)[C@H]1C=C[C@@H](n2cnc3c(NC(=O)COc4ccccc4)ncnc32)[C@@H](COC(c2ccccc2)(c2ccccc2)c2ccccc2)O1. The van der Waals surface area contributed by atoms with Gasteiger partial charge >= 0.3 is 7.60 Å². The number of rotatable bonds is 16. The maximum atomic E-state index is 14.5. The van der Waals surface area contributed by atoms with Crippen LogP contribution < -0.4 is 10.1 Å². The molecule has 1 aliphatic heterocycles. The predicted molar refractivity (Wildman–Crippen MR) is 218 cm³/mol. The Hall–Kier alpha value is -5.49. The normalized spacial score (nSPS) is 17.3. The molecule has 6 aromatic rings. The van der Waals surface area contributed by atoms with Crippen LogP contribution in [0.2, 0.25) is 0 Å². The van der Waals surface area contributed by atoms with Gasteiger partial charge in [0.05, 0.1) is 31.2 Å². The van der Waals surface area contributed by atoms with Gasteiger partial charge in [0, 0.05) is 0 Å². The van der Waals surface area contributed by atoms with E-state index in [0.717, 1.165) is 16.7 Å². The molecule has 0 bridgehead atoms. The zero-order valence-corrected chi connectivity index (χ0v) is 33.1. The Morgan fingerprint density at radius 1 is 0.772 bits per heavy atom. The molecule has 3 atom stereocenters. The standard InChI is InChI=1S/C44H46N5O7P/c1-31(2)55-57(51,56-32(3)4)40-26-25-37(49-30-47-41-42(45-29-46-43(41)49)48-39(50)28-52-36-23-15-8-16-24-36)38(54-40)27-53-44(33-17-9-5-10-18-33,34-19-11-6-12-20-34)35-21-13-7-14-22-35/h5-26,29-32,37-38,40H,27-28H2,1-4H3,(H,45,46,48,50)/t37-,38-,40+/m1/s1. The molecule has 7 rings (SSSR count). The fourth-order valence-corrected chi connectivity index (χ4v) is 9.01. The predicted octanol–water partition coefficient (Wildman–Crippen LogP) is 8.72. The lowest BCUT2D eigenvalue weighted by Gasteiger charge is -2.40. The summed E-state index contributed by atoms with van der Waals surface area (Å²) in [7, 11) is -3.86. The summed E-state index contributed by atoms with van der Waals surface area (Å²) < 4.78 is 48.1. The van der Waals surface area contributed by atoms with Gasteiger partial charge in [-0.25, -0.2) is 15.0 Å². The number of amides is 1. The minimum atomic E-state index is -3.86. The van der Waals surface area contributed by atoms with Gasteiger partial charge in [0.25, 0.3) is 5.91 Å². The van der Waals surface area contributed by atoms with Crippen LogP contribution in [0.5, 0.6) is 5.75 Å². The van der Waals surface area contributed by atoms with Crippen LogP contribution in [0.25, 0.3) is 11.2 Å². The Morgan fingerprint density at radius 2 is 1.32 bits per heavy atom. The molecule has 12 nitrogen and oxygen atoms in total. The number of nitrogens with zero attached hydrogens (tertiary/aromatic N) is 4. The Morgan fingerprint density at radius 3 is 1.86 bits per heavy atom. The van der Waals surface area contributed by atoms with Crippen molar-refractivity contribution in [3.8, 4) is 5.75 Å². The summed E-state index contributed by atoms with van der Waals surface area (Å²) in [4.78, 5) is 26.5. The van der Waals surface area contributed by atoms with Gasteiger partial charge in [-0.3, -0.25) is 9.36 Å². The second-order valence-corrected chi connectivity index (χ2v) is 16.1. The number of hydrogen-bond acceptors (Lipinski definition) is 10. The first kappa shape index (κ1) is 39.7. The number of aromatic nitrogens is 4. The Kier molecular flexibility index (Phi) is 12.4. The number of imidazole rings is 1. The number of ether oxygens (including phenoxy) is 3. The number of fused-ring (bicyclic) bond motifs is 1. The molecule has 0 radical (unpaired) electrons. The molecule has 4 aromatic carbocycles. The van der Waals surface area contributed by atoms with Gasteiger partial charge in [-0.2, -0.15) is 0 Å². The maximum Gasteiger partial charge on any atom is 0.363 e. The van der Waals surface area contributed by atoms with Crippen molar-refractivity contribution in [2.45, 2.75) is 63.5 Å². The second kappa shape index (κ2) is 17.8. The molecular weight excluding hydrogens is 741 g/mol. The van der Waals surface area contributed by atoms with E-state index in [0.29, 0.717) is 16.9 Å². The first-order valence-corrected chi connectivity index (χ1v) is 20.5. The molecule has 1 N–H and O–H groups in total. The second-order valence-electron chi connectivity index (χ2n) is 14.1. The van der Waals surface area contributed by atoms with Gasteiger partial charge in [0.2, 0.25) is 0 Å². The molecule has 1 amide bonds. The summed E-state index contributed by atoms with van der Waals surface area (Å²) in [6, 6.07) is 38.6. The van der Waals surface area contributed by atoms with E-state index in [4.69, 9.17) is 23.3 Å². The summed E-state index contributed by atoms with van der Waals surface area (Å²) in [5.74, 6) is -0.661. The average Bonchev–Trinajstić information content (AvgIpc) is 3.66. The van der Waals surface area contributed by atoms with Crippen molar-refractivity contribution in [2.75, 3.05) is 18.5 Å². The number of nitrogens with one attached hydrogen (secondary N) is 1. The number of benzene rings is 4. The zero-order valence-electron chi connectivity index (χ0n) is 32.3. The minimum Gasteiger partial charge on any atom is -0.484 e. The molecule has 0 fully saturated rings. The number of hydrogen-bond donors (Lipinski definition) is 1. The lowest BCUT2D eigenvalue weighted by atomic mass is 9.80. The lowest BCUT2D eigenvalue weighted by Crippen LogP contribution is -2.41. The van der Waals surface area contributed by atoms with Crippen LogP contribution in [-0.2, 0) is 33.5 Å². The third-order valence-corrected chi connectivity index (χ3v) is 11.6. The van der Waals surface area contributed by atoms with Crippen LogP contribution in [0.4, 0.5) is 5.82 Å². The van der Waals surface area contributed by atoms with Gasteiger partial charge in [0.15, 0.2) is 29.4 Å². The van der Waals surface area contributed by atoms with E-state index in [1.54, 1.807) is 24.5 Å². The monoisotopic (exact) mass is 787 g/mol. The molecule has 3 heterocycles. The Labute approximate surface area is 332 Å². The first-order chi connectivity index (χ1) is 27.7. The average molecular weight is 788 g/mol. The van der Waals surface area contributed by atoms with Gasteiger partial charge in [-0.1, -0.05) is 115 Å². The van der Waals surface area contributed by atoms with Crippen molar-refractivity contribution in [1.29, 1.82) is 0 Å². The van der Waals surface area contributed by atoms with Crippen LogP contribution in [0.1, 0.15) is 50.4 Å². The van der Waals surface area contributed by atoms with E-state index < -0.39 is 49.3 Å². The Balaban J connectivity index is 1.27. The fourth-order valence-electron chi connectivity index (χ4n) is 6.93. The third kappa shape index (κ3) is 8.91. The van der Waals surface area contributed by atoms with Crippen molar-refractivity contribution >= 4 is 30.5 Å². The summed E-state index contributed by atoms with van der Waals surface area (Å²) in [5, 5.41) is 2.81. The number of carbonyl (C=O) groups is 1. The highest BCUT2D eigenvalue weighted by molar-refractivity contribution is 7.54. The number of carbonyl (C=O) groups excluding carboxylic acids is 1. The molecule has 0 saturated heterocycles. The van der Waals surface area contributed by atoms with Crippen LogP contribution in [0.15, 0.2) is 146 Å². The minimum absolute atomic E-state index is 0.0126. The van der Waals surface area contributed by atoms with E-state index in [9.17, 15) is 9.36 Å². The molecule has 0 unspecified atom stereocenters. The molecule has 0 spiro atoms. The van der Waals surface area contributed by atoms with E-state index in [1.807, 2.05) is 148 Å². The van der Waals surface area contributed by atoms with Crippen molar-refractivity contribution in [2.24, 2.45) is 0 Å². The molecule has 57 heavy (non-hydrogen) atoms. The molecule has 294 valence electrons. The van der Waals surface area contributed by atoms with E-state index in [-0.39, 0.29) is 19.0 Å². The quantitative estimate of drug-likeness (QED) is 0.0576. The third-order valence-electron chi connectivity index (χ3n) is 9.25. The van der Waals surface area contributed by atoms with Crippen molar-refractivity contribution in [3.05, 3.63) is 163 Å². The number of anilines is 1. The van der Waals surface area contributed by atoms with Crippen molar-refractivity contribution in [3.63, 3.8) is 0 Å². The molecule has 1 aliphatic rings. The fraction of sp³-hybridized carbons (Fsp3) is 0.273. The van der Waals surface area contributed by atoms with Crippen molar-refractivity contribution in [1.82, 2.24) is 19.5 Å². The summed E-state index contributed by atoms with van der Waals surface area (Å²) in [6.07, 6.45) is 5.01. The van der Waals surface area contributed by atoms with E-state index in [2.05, 4.69) is 20.3 Å². The zero-order chi connectivity index (χ0) is 39.8. The van der Waals surface area contributed by atoms with Crippen LogP contribution >= 0.6 is 7.60 Å². The van der Waals surface area contributed by atoms with Gasteiger partial charge in [-0.05, 0) is 62.6 Å². The van der Waals surface area contributed by atoms with Crippen LogP contribution in [0.3, 0.4) is 0 Å². The van der Waals surface area contributed by atoms with E-state index >= 15 is 0 Å². The highest BCUT2D eigenvalue weighted by atomic mass is 31.2. The van der Waals surface area contributed by atoms with Crippen molar-refractivity contribution < 1.29 is 32.6 Å². The van der Waals surface area contributed by atoms with Gasteiger partial charge in [-0.15, -0.1) is 0 Å². The first-order valence-electron chi connectivity index (χ1n) is 18.9. The summed E-state index contributed by atoms with van der Waals surface area (Å²) in [5.41, 5.74) is 2.47. The summed E-state index contributed by atoms with van der Waals surface area (Å²) in [6.45, 7) is 7.02. The molecule has 0 saturated carbocycles. The topological polar surface area (TPSA) is 136 Å². The number of para-hydroxylation sites is 1. The smallest absolute Gasteiger partial charge is 0.363 e. The molecule has 0 aliphatic carbocycles. The van der Waals surface area contributed by atoms with Crippen LogP contribution in [0, 0.1) is 0 Å². The van der Waals surface area contributed by atoms with Crippen LogP contribution in [-0.4, -0.2) is 62.8 Å². The largest absolute Gasteiger partial charge is 0.484 e. The maximum absolute atomic E-state index is 14.5. The highest BCUT2D eigenvalue weighted by Crippen LogP contribution is 2.58.